The molecule has 2 rings (SSSR count). The molecule has 0 saturated heterocycles. The summed E-state index contributed by atoms with van der Waals surface area (Å²) in [6, 6.07) is 0. The number of carbonyl (C=O) groups excluding carboxylic acids is 1. The van der Waals surface area contributed by atoms with Gasteiger partial charge in [0.1, 0.15) is 11.5 Å². The molecule has 0 aliphatic heterocycles. The van der Waals surface area contributed by atoms with E-state index in [1.165, 1.54) is 6.20 Å². The summed E-state index contributed by atoms with van der Waals surface area (Å²) in [6.07, 6.45) is 6.62. The number of nitrogens with two attached hydrogens (primary N) is 1. The van der Waals surface area contributed by atoms with Crippen LogP contribution in [0.2, 0.25) is 0 Å². The van der Waals surface area contributed by atoms with Crippen molar-refractivity contribution >= 4 is 11.6 Å². The molecule has 0 radical (unpaired) electrons. The van der Waals surface area contributed by atoms with Gasteiger partial charge in [0.2, 0.25) is 0 Å². The van der Waals surface area contributed by atoms with Crippen LogP contribution in [0.3, 0.4) is 0 Å². The molecule has 7 heteroatoms. The molecular weight excluding hydrogens is 244 g/mol. The van der Waals surface area contributed by atoms with Gasteiger partial charge >= 0.3 is 0 Å². The number of anilines is 1. The molecule has 0 fully saturated rings. The summed E-state index contributed by atoms with van der Waals surface area (Å²) >= 11 is 0. The number of aromatic amines is 1. The molecule has 0 atom stereocenters. The predicted octanol–water partition coefficient (Wildman–Crippen LogP) is 0.571. The third-order valence-corrected chi connectivity index (χ3v) is 2.81. The van der Waals surface area contributed by atoms with Crippen LogP contribution in [0.1, 0.15) is 29.7 Å². The monoisotopic (exact) mass is 262 g/mol. The van der Waals surface area contributed by atoms with E-state index < -0.39 is 0 Å². The molecule has 2 aromatic rings. The Morgan fingerprint density at radius 2 is 2.42 bits per heavy atom. The molecule has 0 unspecified atom stereocenters. The van der Waals surface area contributed by atoms with Gasteiger partial charge < -0.3 is 16.0 Å². The predicted molar refractivity (Wildman–Crippen MR) is 71.6 cm³/mol. The minimum Gasteiger partial charge on any atom is -0.396 e. The summed E-state index contributed by atoms with van der Waals surface area (Å²) in [6.45, 7) is 3.11. The first-order chi connectivity index (χ1) is 9.22. The molecule has 2 aromatic heterocycles. The number of nitrogen functional groups attached to an aromatic ring is 1. The molecule has 2 heterocycles. The van der Waals surface area contributed by atoms with Gasteiger partial charge in [-0.25, -0.2) is 4.98 Å². The SMILES string of the molecule is CCn1ncc(N)c1C(=O)NCCCc1ncc[nH]1. The van der Waals surface area contributed by atoms with Crippen molar-refractivity contribution in [1.29, 1.82) is 0 Å². The zero-order valence-corrected chi connectivity index (χ0v) is 10.9. The Balaban J connectivity index is 1.82. The summed E-state index contributed by atoms with van der Waals surface area (Å²) < 4.78 is 1.59. The topological polar surface area (TPSA) is 102 Å². The van der Waals surface area contributed by atoms with Crippen molar-refractivity contribution in [2.75, 3.05) is 12.3 Å². The van der Waals surface area contributed by atoms with E-state index in [4.69, 9.17) is 5.73 Å². The first kappa shape index (κ1) is 13.1. The fourth-order valence-corrected chi connectivity index (χ4v) is 1.86. The van der Waals surface area contributed by atoms with Gasteiger partial charge in [0.15, 0.2) is 0 Å². The molecule has 0 bridgehead atoms. The number of nitrogens with zero attached hydrogens (tertiary/aromatic N) is 3. The number of aryl methyl sites for hydroxylation is 2. The minimum absolute atomic E-state index is 0.184. The molecule has 4 N–H and O–H groups in total. The summed E-state index contributed by atoms with van der Waals surface area (Å²) in [4.78, 5) is 19.1. The van der Waals surface area contributed by atoms with Gasteiger partial charge in [0.25, 0.3) is 5.91 Å². The number of hydrogen-bond donors (Lipinski definition) is 3. The lowest BCUT2D eigenvalue weighted by molar-refractivity contribution is 0.0943. The van der Waals surface area contributed by atoms with Crippen molar-refractivity contribution in [2.45, 2.75) is 26.3 Å². The lowest BCUT2D eigenvalue weighted by Crippen LogP contribution is -2.28. The Morgan fingerprint density at radius 3 is 3.11 bits per heavy atom. The fourth-order valence-electron chi connectivity index (χ4n) is 1.86. The highest BCUT2D eigenvalue weighted by Gasteiger charge is 2.15. The maximum absolute atomic E-state index is 12.0. The van der Waals surface area contributed by atoms with Gasteiger partial charge in [-0.15, -0.1) is 0 Å². The number of imidazole rings is 1. The Morgan fingerprint density at radius 1 is 1.58 bits per heavy atom. The highest BCUT2D eigenvalue weighted by atomic mass is 16.2. The lowest BCUT2D eigenvalue weighted by Gasteiger charge is -2.07. The van der Waals surface area contributed by atoms with Crippen LogP contribution in [0.15, 0.2) is 18.6 Å². The Bertz CT molecular complexity index is 530. The largest absolute Gasteiger partial charge is 0.396 e. The summed E-state index contributed by atoms with van der Waals surface area (Å²) in [5, 5.41) is 6.88. The molecule has 1 amide bonds. The van der Waals surface area contributed by atoms with Crippen LogP contribution in [0.5, 0.6) is 0 Å². The molecule has 0 spiro atoms. The van der Waals surface area contributed by atoms with Crippen molar-refractivity contribution < 1.29 is 4.79 Å². The minimum atomic E-state index is -0.184. The quantitative estimate of drug-likeness (QED) is 0.662. The lowest BCUT2D eigenvalue weighted by atomic mass is 10.3. The first-order valence-corrected chi connectivity index (χ1v) is 6.30. The molecule has 0 aliphatic carbocycles. The number of aromatic nitrogens is 4. The van der Waals surface area contributed by atoms with E-state index in [0.717, 1.165) is 18.7 Å². The van der Waals surface area contributed by atoms with Gasteiger partial charge in [0, 0.05) is 31.9 Å². The highest BCUT2D eigenvalue weighted by molar-refractivity contribution is 5.97. The summed E-state index contributed by atoms with van der Waals surface area (Å²) in [5.74, 6) is 0.739. The fraction of sp³-hybridized carbons (Fsp3) is 0.417. The number of carbonyl (C=O) groups is 1. The van der Waals surface area contributed by atoms with E-state index in [1.807, 2.05) is 6.92 Å². The van der Waals surface area contributed by atoms with Gasteiger partial charge in [-0.1, -0.05) is 0 Å². The second-order valence-electron chi connectivity index (χ2n) is 4.16. The van der Waals surface area contributed by atoms with Gasteiger partial charge in [-0.3, -0.25) is 9.48 Å². The average molecular weight is 262 g/mol. The number of H-pyrrole nitrogens is 1. The van der Waals surface area contributed by atoms with Crippen LogP contribution in [0.4, 0.5) is 5.69 Å². The summed E-state index contributed by atoms with van der Waals surface area (Å²) in [7, 11) is 0. The van der Waals surface area contributed by atoms with Crippen LogP contribution in [-0.4, -0.2) is 32.2 Å². The molecule has 0 saturated carbocycles. The maximum Gasteiger partial charge on any atom is 0.271 e. The number of rotatable bonds is 6. The first-order valence-electron chi connectivity index (χ1n) is 6.30. The molecule has 7 nitrogen and oxygen atoms in total. The van der Waals surface area contributed by atoms with Gasteiger partial charge in [-0.05, 0) is 13.3 Å². The van der Waals surface area contributed by atoms with Crippen molar-refractivity contribution in [2.24, 2.45) is 0 Å². The summed E-state index contributed by atoms with van der Waals surface area (Å²) in [5.41, 5.74) is 6.58. The van der Waals surface area contributed by atoms with Crippen molar-refractivity contribution in [3.63, 3.8) is 0 Å². The zero-order chi connectivity index (χ0) is 13.7. The Kier molecular flexibility index (Phi) is 4.17. The van der Waals surface area contributed by atoms with Crippen LogP contribution >= 0.6 is 0 Å². The average Bonchev–Trinajstić information content (AvgIpc) is 3.03. The molecule has 0 aliphatic rings. The van der Waals surface area contributed by atoms with Crippen molar-refractivity contribution in [3.05, 3.63) is 30.1 Å². The van der Waals surface area contributed by atoms with E-state index in [0.29, 0.717) is 24.5 Å². The third kappa shape index (κ3) is 3.12. The van der Waals surface area contributed by atoms with Gasteiger partial charge in [-0.2, -0.15) is 5.10 Å². The van der Waals surface area contributed by atoms with Gasteiger partial charge in [0.05, 0.1) is 11.9 Å². The van der Waals surface area contributed by atoms with Crippen LogP contribution in [0, 0.1) is 0 Å². The number of amides is 1. The van der Waals surface area contributed by atoms with Crippen molar-refractivity contribution in [1.82, 2.24) is 25.1 Å². The molecule has 19 heavy (non-hydrogen) atoms. The van der Waals surface area contributed by atoms with E-state index in [1.54, 1.807) is 17.1 Å². The Labute approximate surface area is 111 Å². The third-order valence-electron chi connectivity index (χ3n) is 2.81. The Hall–Kier alpha value is -2.31. The van der Waals surface area contributed by atoms with Crippen LogP contribution in [-0.2, 0) is 13.0 Å². The second kappa shape index (κ2) is 6.03. The van der Waals surface area contributed by atoms with E-state index >= 15 is 0 Å². The standard InChI is InChI=1S/C12H18N6O/c1-2-18-11(9(13)8-17-18)12(19)16-5-3-4-10-14-6-7-15-10/h6-8H,2-5,13H2,1H3,(H,14,15)(H,16,19). The maximum atomic E-state index is 12.0. The molecule has 0 aromatic carbocycles. The molecular formula is C12H18N6O. The van der Waals surface area contributed by atoms with E-state index in [9.17, 15) is 4.79 Å². The second-order valence-corrected chi connectivity index (χ2v) is 4.16. The van der Waals surface area contributed by atoms with E-state index in [2.05, 4.69) is 20.4 Å². The normalized spacial score (nSPS) is 10.6. The van der Waals surface area contributed by atoms with Crippen LogP contribution < -0.4 is 11.1 Å². The van der Waals surface area contributed by atoms with E-state index in [-0.39, 0.29) is 5.91 Å². The van der Waals surface area contributed by atoms with Crippen molar-refractivity contribution in [3.8, 4) is 0 Å². The highest BCUT2D eigenvalue weighted by Crippen LogP contribution is 2.10. The zero-order valence-electron chi connectivity index (χ0n) is 10.9. The number of hydrogen-bond acceptors (Lipinski definition) is 4. The smallest absolute Gasteiger partial charge is 0.271 e. The molecule has 102 valence electrons. The number of nitrogens with one attached hydrogen (secondary N) is 2. The van der Waals surface area contributed by atoms with Crippen LogP contribution in [0.25, 0.3) is 0 Å².